The minimum absolute atomic E-state index is 0.156. The van der Waals surface area contributed by atoms with Gasteiger partial charge < -0.3 is 9.84 Å². The molecule has 0 aliphatic heterocycles. The molecule has 0 fully saturated rings. The second-order valence-corrected chi connectivity index (χ2v) is 3.72. The molecule has 86 valence electrons. The summed E-state index contributed by atoms with van der Waals surface area (Å²) in [7, 11) is 0. The molecule has 1 N–H and O–H groups in total. The van der Waals surface area contributed by atoms with Crippen molar-refractivity contribution in [1.82, 2.24) is 0 Å². The molecule has 0 heterocycles. The monoisotopic (exact) mass is 220 g/mol. The van der Waals surface area contributed by atoms with Crippen molar-refractivity contribution in [2.45, 2.75) is 26.2 Å². The van der Waals surface area contributed by atoms with Gasteiger partial charge in [0.15, 0.2) is 0 Å². The number of ether oxygens (including phenoxy) is 1. The van der Waals surface area contributed by atoms with Gasteiger partial charge in [-0.05, 0) is 17.9 Å². The molecule has 1 unspecified atom stereocenters. The standard InChI is InChI=1S/C13H16O3/c1-4-9(2)11-5-7-12(8-6-11)10(3)16-13(14)15/h5-9H,3-4H2,1-2H3,(H,14,15). The third kappa shape index (κ3) is 3.12. The van der Waals surface area contributed by atoms with E-state index in [4.69, 9.17) is 5.11 Å². The molecule has 1 rings (SSSR count). The fraction of sp³-hybridized carbons (Fsp3) is 0.308. The van der Waals surface area contributed by atoms with Gasteiger partial charge in [-0.15, -0.1) is 0 Å². The van der Waals surface area contributed by atoms with E-state index >= 15 is 0 Å². The Labute approximate surface area is 95.4 Å². The van der Waals surface area contributed by atoms with Crippen LogP contribution < -0.4 is 0 Å². The fourth-order valence-electron chi connectivity index (χ4n) is 1.40. The molecule has 1 atom stereocenters. The van der Waals surface area contributed by atoms with Gasteiger partial charge in [-0.2, -0.15) is 0 Å². The summed E-state index contributed by atoms with van der Waals surface area (Å²) >= 11 is 0. The highest BCUT2D eigenvalue weighted by Gasteiger charge is 2.06. The average molecular weight is 220 g/mol. The molecular weight excluding hydrogens is 204 g/mol. The van der Waals surface area contributed by atoms with Crippen LogP contribution in [0.25, 0.3) is 5.76 Å². The second kappa shape index (κ2) is 5.35. The molecule has 0 aromatic heterocycles. The zero-order valence-electron chi connectivity index (χ0n) is 9.56. The van der Waals surface area contributed by atoms with Crippen molar-refractivity contribution >= 4 is 11.9 Å². The first-order valence-electron chi connectivity index (χ1n) is 5.24. The summed E-state index contributed by atoms with van der Waals surface area (Å²) in [5.74, 6) is 0.658. The van der Waals surface area contributed by atoms with E-state index in [9.17, 15) is 4.79 Å². The van der Waals surface area contributed by atoms with Crippen LogP contribution in [-0.2, 0) is 4.74 Å². The topological polar surface area (TPSA) is 46.5 Å². The van der Waals surface area contributed by atoms with E-state index in [1.165, 1.54) is 5.56 Å². The first-order chi connectivity index (χ1) is 7.54. The highest BCUT2D eigenvalue weighted by molar-refractivity contribution is 5.70. The van der Waals surface area contributed by atoms with E-state index in [2.05, 4.69) is 25.2 Å². The van der Waals surface area contributed by atoms with Crippen molar-refractivity contribution < 1.29 is 14.6 Å². The van der Waals surface area contributed by atoms with Crippen molar-refractivity contribution in [2.75, 3.05) is 0 Å². The molecule has 0 spiro atoms. The lowest BCUT2D eigenvalue weighted by atomic mass is 9.97. The Bertz CT molecular complexity index is 379. The summed E-state index contributed by atoms with van der Waals surface area (Å²) in [6.45, 7) is 7.84. The summed E-state index contributed by atoms with van der Waals surface area (Å²) in [6.07, 6.45) is -0.262. The van der Waals surface area contributed by atoms with Gasteiger partial charge in [0.2, 0.25) is 0 Å². The van der Waals surface area contributed by atoms with Crippen LogP contribution in [0.2, 0.25) is 0 Å². The van der Waals surface area contributed by atoms with Crippen LogP contribution in [0.1, 0.15) is 37.3 Å². The number of carboxylic acid groups (broad SMARTS) is 1. The van der Waals surface area contributed by atoms with Crippen molar-refractivity contribution in [2.24, 2.45) is 0 Å². The maximum atomic E-state index is 10.3. The molecule has 3 nitrogen and oxygen atoms in total. The van der Waals surface area contributed by atoms with Crippen LogP contribution in [0, 0.1) is 0 Å². The molecule has 1 aromatic rings. The van der Waals surface area contributed by atoms with E-state index in [0.717, 1.165) is 6.42 Å². The van der Waals surface area contributed by atoms with Gasteiger partial charge in [-0.1, -0.05) is 44.7 Å². The summed E-state index contributed by atoms with van der Waals surface area (Å²) in [6, 6.07) is 7.60. The van der Waals surface area contributed by atoms with E-state index in [1.54, 1.807) is 0 Å². The molecule has 1 aromatic carbocycles. The summed E-state index contributed by atoms with van der Waals surface area (Å²) in [5, 5.41) is 8.44. The predicted molar refractivity (Wildman–Crippen MR) is 63.3 cm³/mol. The van der Waals surface area contributed by atoms with E-state index in [1.807, 2.05) is 24.3 Å². The Balaban J connectivity index is 2.78. The minimum Gasteiger partial charge on any atom is -0.449 e. The summed E-state index contributed by atoms with van der Waals surface area (Å²) in [5.41, 5.74) is 1.92. The maximum absolute atomic E-state index is 10.3. The second-order valence-electron chi connectivity index (χ2n) is 3.72. The van der Waals surface area contributed by atoms with Crippen LogP contribution >= 0.6 is 0 Å². The highest BCUT2D eigenvalue weighted by atomic mass is 16.7. The Morgan fingerprint density at radius 2 is 2.00 bits per heavy atom. The largest absolute Gasteiger partial charge is 0.511 e. The van der Waals surface area contributed by atoms with Gasteiger partial charge in [0, 0.05) is 5.56 Å². The fourth-order valence-corrected chi connectivity index (χ4v) is 1.40. The maximum Gasteiger partial charge on any atom is 0.511 e. The van der Waals surface area contributed by atoms with E-state index in [0.29, 0.717) is 11.5 Å². The first-order valence-corrected chi connectivity index (χ1v) is 5.24. The zero-order chi connectivity index (χ0) is 12.1. The van der Waals surface area contributed by atoms with E-state index < -0.39 is 6.16 Å². The highest BCUT2D eigenvalue weighted by Crippen LogP contribution is 2.21. The Hall–Kier alpha value is -1.77. The van der Waals surface area contributed by atoms with Gasteiger partial charge in [-0.25, -0.2) is 4.79 Å². The van der Waals surface area contributed by atoms with Crippen molar-refractivity contribution in [3.63, 3.8) is 0 Å². The third-order valence-corrected chi connectivity index (χ3v) is 2.62. The summed E-state index contributed by atoms with van der Waals surface area (Å²) < 4.78 is 4.49. The Kier molecular flexibility index (Phi) is 4.11. The molecule has 0 saturated carbocycles. The van der Waals surface area contributed by atoms with Gasteiger partial charge in [-0.3, -0.25) is 0 Å². The molecule has 0 aliphatic rings. The lowest BCUT2D eigenvalue weighted by Crippen LogP contribution is -1.99. The first kappa shape index (κ1) is 12.3. The average Bonchev–Trinajstić information content (AvgIpc) is 2.27. The van der Waals surface area contributed by atoms with Crippen LogP contribution in [0.5, 0.6) is 0 Å². The number of carbonyl (C=O) groups is 1. The van der Waals surface area contributed by atoms with Gasteiger partial charge in [0.05, 0.1) is 0 Å². The molecule has 0 amide bonds. The SMILES string of the molecule is C=C(OC(=O)O)c1ccc(C(C)CC)cc1. The van der Waals surface area contributed by atoms with Crippen molar-refractivity contribution in [3.05, 3.63) is 42.0 Å². The Morgan fingerprint density at radius 1 is 1.44 bits per heavy atom. The smallest absolute Gasteiger partial charge is 0.449 e. The van der Waals surface area contributed by atoms with Crippen LogP contribution in [-0.4, -0.2) is 11.3 Å². The number of rotatable bonds is 4. The Morgan fingerprint density at radius 3 is 2.44 bits per heavy atom. The molecule has 0 aliphatic carbocycles. The van der Waals surface area contributed by atoms with Crippen LogP contribution in [0.3, 0.4) is 0 Å². The van der Waals surface area contributed by atoms with E-state index in [-0.39, 0.29) is 5.76 Å². The minimum atomic E-state index is -1.34. The number of hydrogen-bond donors (Lipinski definition) is 1. The molecule has 16 heavy (non-hydrogen) atoms. The van der Waals surface area contributed by atoms with Gasteiger partial charge >= 0.3 is 6.16 Å². The zero-order valence-corrected chi connectivity index (χ0v) is 9.56. The number of benzene rings is 1. The third-order valence-electron chi connectivity index (χ3n) is 2.62. The molecule has 0 bridgehead atoms. The molecule has 0 saturated heterocycles. The molecule has 0 radical (unpaired) electrons. The predicted octanol–water partition coefficient (Wildman–Crippen LogP) is 3.87. The van der Waals surface area contributed by atoms with Crippen LogP contribution in [0.15, 0.2) is 30.8 Å². The number of hydrogen-bond acceptors (Lipinski definition) is 2. The summed E-state index contributed by atoms with van der Waals surface area (Å²) in [4.78, 5) is 10.3. The van der Waals surface area contributed by atoms with Crippen molar-refractivity contribution in [1.29, 1.82) is 0 Å². The lowest BCUT2D eigenvalue weighted by molar-refractivity contribution is 0.135. The molecular formula is C13H16O3. The normalized spacial score (nSPS) is 11.9. The lowest BCUT2D eigenvalue weighted by Gasteiger charge is -2.10. The van der Waals surface area contributed by atoms with Gasteiger partial charge in [0.1, 0.15) is 5.76 Å². The van der Waals surface area contributed by atoms with Gasteiger partial charge in [0.25, 0.3) is 0 Å². The van der Waals surface area contributed by atoms with Crippen LogP contribution in [0.4, 0.5) is 4.79 Å². The quantitative estimate of drug-likeness (QED) is 0.619. The molecule has 3 heteroatoms. The van der Waals surface area contributed by atoms with Crippen molar-refractivity contribution in [3.8, 4) is 0 Å².